The van der Waals surface area contributed by atoms with Gasteiger partial charge < -0.3 is 0 Å². The van der Waals surface area contributed by atoms with Crippen LogP contribution in [-0.4, -0.2) is 4.98 Å². The summed E-state index contributed by atoms with van der Waals surface area (Å²) >= 11 is 0. The molecule has 1 aliphatic carbocycles. The van der Waals surface area contributed by atoms with Crippen molar-refractivity contribution in [3.8, 4) is 11.1 Å². The molecule has 1 aliphatic rings. The minimum Gasteiger partial charge on any atom is -0.261 e. The average molecular weight is 528 g/mol. The van der Waals surface area contributed by atoms with Crippen LogP contribution in [0.1, 0.15) is 94.0 Å². The van der Waals surface area contributed by atoms with Crippen molar-refractivity contribution < 1.29 is 8.78 Å². The molecule has 1 atom stereocenters. The van der Waals surface area contributed by atoms with Gasteiger partial charge in [-0.15, -0.1) is 0 Å². The molecular formula is C36H43F2N. The number of pyridine rings is 1. The lowest BCUT2D eigenvalue weighted by atomic mass is 9.83. The van der Waals surface area contributed by atoms with Crippen molar-refractivity contribution in [1.82, 2.24) is 4.98 Å². The van der Waals surface area contributed by atoms with Gasteiger partial charge in [0.1, 0.15) is 0 Å². The lowest BCUT2D eigenvalue weighted by molar-refractivity contribution is 0.446. The molecule has 1 heterocycles. The molecule has 206 valence electrons. The number of hydrogen-bond acceptors (Lipinski definition) is 1. The first-order valence-corrected chi connectivity index (χ1v) is 14.9. The summed E-state index contributed by atoms with van der Waals surface area (Å²) in [6.45, 7) is 4.21. The van der Waals surface area contributed by atoms with Crippen molar-refractivity contribution in [2.24, 2.45) is 5.92 Å². The Morgan fingerprint density at radius 2 is 1.69 bits per heavy atom. The number of allylic oxidation sites excluding steroid dienone is 4. The second-order valence-electron chi connectivity index (χ2n) is 11.0. The number of unbranched alkanes of at least 4 members (excludes halogenated alkanes) is 3. The minimum atomic E-state index is -0.666. The van der Waals surface area contributed by atoms with Crippen LogP contribution >= 0.6 is 0 Å². The highest BCUT2D eigenvalue weighted by Crippen LogP contribution is 2.35. The van der Waals surface area contributed by atoms with Gasteiger partial charge in [0.15, 0.2) is 11.6 Å². The zero-order valence-corrected chi connectivity index (χ0v) is 23.7. The standard InChI is InChI=1S/C36H43F2N/c1-3-5-7-9-11-31-22-25-34(36(38)35(31)37)30-19-14-28(15-20-30)16-23-33-24-21-32(26-39-33)29-17-12-27(13-18-29)10-8-6-4-2/h4,6,12-13,17-19,21-22,24-26,28H,3,5,7-11,14-16,20,23H2,1-2H3/b6-4+. The van der Waals surface area contributed by atoms with Gasteiger partial charge in [0.25, 0.3) is 0 Å². The summed E-state index contributed by atoms with van der Waals surface area (Å²) in [6, 6.07) is 16.7. The van der Waals surface area contributed by atoms with Crippen molar-refractivity contribution in [2.45, 2.75) is 90.9 Å². The zero-order chi connectivity index (χ0) is 27.5. The molecule has 2 aromatic carbocycles. The average Bonchev–Trinajstić information content (AvgIpc) is 2.97. The van der Waals surface area contributed by atoms with E-state index in [1.165, 1.54) is 11.1 Å². The van der Waals surface area contributed by atoms with Crippen LogP contribution in [0.15, 0.2) is 73.0 Å². The summed E-state index contributed by atoms with van der Waals surface area (Å²) in [5, 5.41) is 0. The van der Waals surface area contributed by atoms with Crippen LogP contribution in [0.3, 0.4) is 0 Å². The lowest BCUT2D eigenvalue weighted by Gasteiger charge is -2.22. The Balaban J connectivity index is 1.27. The predicted octanol–water partition coefficient (Wildman–Crippen LogP) is 10.5. The van der Waals surface area contributed by atoms with E-state index in [-0.39, 0.29) is 0 Å². The number of aromatic nitrogens is 1. The highest BCUT2D eigenvalue weighted by Gasteiger charge is 2.20. The first-order chi connectivity index (χ1) is 19.1. The summed E-state index contributed by atoms with van der Waals surface area (Å²) in [5.41, 5.74) is 6.72. The van der Waals surface area contributed by atoms with Crippen molar-refractivity contribution in [1.29, 1.82) is 0 Å². The van der Waals surface area contributed by atoms with Crippen LogP contribution in [0.25, 0.3) is 16.7 Å². The molecule has 0 bridgehead atoms. The molecule has 0 fully saturated rings. The summed E-state index contributed by atoms with van der Waals surface area (Å²) in [4.78, 5) is 4.73. The number of hydrogen-bond donors (Lipinski definition) is 0. The van der Waals surface area contributed by atoms with E-state index in [0.29, 0.717) is 23.5 Å². The fourth-order valence-corrected chi connectivity index (χ4v) is 5.54. The van der Waals surface area contributed by atoms with Crippen molar-refractivity contribution in [2.75, 3.05) is 0 Å². The van der Waals surface area contributed by atoms with E-state index < -0.39 is 11.6 Å². The zero-order valence-electron chi connectivity index (χ0n) is 23.7. The molecule has 0 aliphatic heterocycles. The number of benzene rings is 2. The third-order valence-corrected chi connectivity index (χ3v) is 8.08. The van der Waals surface area contributed by atoms with E-state index in [1.807, 2.05) is 6.20 Å². The maximum Gasteiger partial charge on any atom is 0.166 e. The van der Waals surface area contributed by atoms with Crippen LogP contribution in [0.4, 0.5) is 8.78 Å². The van der Waals surface area contributed by atoms with E-state index in [4.69, 9.17) is 4.98 Å². The van der Waals surface area contributed by atoms with Crippen LogP contribution in [-0.2, 0) is 19.3 Å². The van der Waals surface area contributed by atoms with E-state index in [0.717, 1.165) is 87.5 Å². The van der Waals surface area contributed by atoms with Crippen LogP contribution in [0.5, 0.6) is 0 Å². The molecule has 0 spiro atoms. The molecule has 1 unspecified atom stereocenters. The smallest absolute Gasteiger partial charge is 0.166 e. The van der Waals surface area contributed by atoms with Gasteiger partial charge in [0.05, 0.1) is 0 Å². The SMILES string of the molecule is C/C=C/CCc1ccc(-c2ccc(CCC3CC=C(c4ccc(CCCCCC)c(F)c4F)CC3)nc2)cc1. The van der Waals surface area contributed by atoms with Gasteiger partial charge in [-0.05, 0) is 99.0 Å². The summed E-state index contributed by atoms with van der Waals surface area (Å²) < 4.78 is 29.6. The monoisotopic (exact) mass is 527 g/mol. The Morgan fingerprint density at radius 3 is 2.38 bits per heavy atom. The van der Waals surface area contributed by atoms with Gasteiger partial charge in [-0.3, -0.25) is 4.98 Å². The second-order valence-corrected chi connectivity index (χ2v) is 11.0. The van der Waals surface area contributed by atoms with Crippen molar-refractivity contribution in [3.63, 3.8) is 0 Å². The summed E-state index contributed by atoms with van der Waals surface area (Å²) in [7, 11) is 0. The Labute approximate surface area is 234 Å². The van der Waals surface area contributed by atoms with Crippen molar-refractivity contribution >= 4 is 5.57 Å². The fraction of sp³-hybridized carbons (Fsp3) is 0.417. The van der Waals surface area contributed by atoms with Gasteiger partial charge >= 0.3 is 0 Å². The van der Waals surface area contributed by atoms with Gasteiger partial charge in [-0.2, -0.15) is 0 Å². The van der Waals surface area contributed by atoms with E-state index in [1.54, 1.807) is 12.1 Å². The Kier molecular flexibility index (Phi) is 11.1. The molecule has 0 saturated carbocycles. The molecule has 0 N–H and O–H groups in total. The first-order valence-electron chi connectivity index (χ1n) is 14.9. The largest absolute Gasteiger partial charge is 0.261 e. The minimum absolute atomic E-state index is 0.450. The van der Waals surface area contributed by atoms with E-state index in [2.05, 4.69) is 68.5 Å². The number of nitrogens with zero attached hydrogens (tertiary/aromatic N) is 1. The fourth-order valence-electron chi connectivity index (χ4n) is 5.54. The molecular weight excluding hydrogens is 484 g/mol. The summed E-state index contributed by atoms with van der Waals surface area (Å²) in [5.74, 6) is -0.766. The normalized spacial score (nSPS) is 15.6. The lowest BCUT2D eigenvalue weighted by Crippen LogP contribution is -2.09. The third-order valence-electron chi connectivity index (χ3n) is 8.08. The van der Waals surface area contributed by atoms with Crippen LogP contribution < -0.4 is 0 Å². The van der Waals surface area contributed by atoms with E-state index >= 15 is 0 Å². The van der Waals surface area contributed by atoms with Gasteiger partial charge in [0.2, 0.25) is 0 Å². The Morgan fingerprint density at radius 1 is 0.872 bits per heavy atom. The third kappa shape index (κ3) is 8.21. The molecule has 0 amide bonds. The molecule has 1 nitrogen and oxygen atoms in total. The molecule has 0 saturated heterocycles. The highest BCUT2D eigenvalue weighted by molar-refractivity contribution is 5.67. The van der Waals surface area contributed by atoms with Crippen molar-refractivity contribution in [3.05, 3.63) is 107 Å². The molecule has 0 radical (unpaired) electrons. The van der Waals surface area contributed by atoms with Gasteiger partial charge in [0, 0.05) is 23.0 Å². The quantitative estimate of drug-likeness (QED) is 0.159. The number of aryl methyl sites for hydroxylation is 3. The first kappa shape index (κ1) is 28.9. The summed E-state index contributed by atoms with van der Waals surface area (Å²) in [6.07, 6.45) is 20.1. The molecule has 4 rings (SSSR count). The van der Waals surface area contributed by atoms with Crippen LogP contribution in [0.2, 0.25) is 0 Å². The molecule has 3 aromatic rings. The Hall–Kier alpha value is -3.07. The molecule has 1 aromatic heterocycles. The maximum absolute atomic E-state index is 14.9. The number of rotatable bonds is 13. The van der Waals surface area contributed by atoms with Gasteiger partial charge in [-0.1, -0.05) is 86.9 Å². The van der Waals surface area contributed by atoms with Crippen LogP contribution in [0, 0.1) is 17.6 Å². The highest BCUT2D eigenvalue weighted by atomic mass is 19.2. The molecule has 39 heavy (non-hydrogen) atoms. The van der Waals surface area contributed by atoms with E-state index in [9.17, 15) is 8.78 Å². The topological polar surface area (TPSA) is 12.9 Å². The predicted molar refractivity (Wildman–Crippen MR) is 161 cm³/mol. The second kappa shape index (κ2) is 14.9. The maximum atomic E-state index is 14.9. The van der Waals surface area contributed by atoms with Gasteiger partial charge in [-0.25, -0.2) is 8.78 Å². The number of halogens is 2. The molecule has 3 heteroatoms. The Bertz CT molecular complexity index is 1240.